The van der Waals surface area contributed by atoms with Crippen LogP contribution in [-0.4, -0.2) is 15.0 Å². The molecule has 5 heteroatoms. The van der Waals surface area contributed by atoms with Gasteiger partial charge in [-0.25, -0.2) is 15.0 Å². The minimum Gasteiger partial charge on any atom is -0.456 e. The normalized spacial score (nSPS) is 15.0. The number of fused-ring (bicyclic) bond motifs is 11. The minimum absolute atomic E-state index is 0.0684. The largest absolute Gasteiger partial charge is 0.456 e. The lowest BCUT2D eigenvalue weighted by atomic mass is 9.81. The zero-order chi connectivity index (χ0) is 41.8. The quantitative estimate of drug-likeness (QED) is 0.173. The number of aromatic nitrogens is 3. The molecule has 298 valence electrons. The van der Waals surface area contributed by atoms with Gasteiger partial charge in [0.25, 0.3) is 0 Å². The Kier molecular flexibility index (Phi) is 7.71. The second-order valence-electron chi connectivity index (χ2n) is 17.4. The van der Waals surface area contributed by atoms with Crippen molar-refractivity contribution in [3.05, 3.63) is 197 Å². The first-order valence-corrected chi connectivity index (χ1v) is 21.7. The van der Waals surface area contributed by atoms with Crippen LogP contribution in [0.1, 0.15) is 42.9 Å². The first kappa shape index (κ1) is 35.8. The highest BCUT2D eigenvalue weighted by molar-refractivity contribution is 6.12. The third-order valence-electron chi connectivity index (χ3n) is 13.5. The number of hydrogen-bond donors (Lipinski definition) is 0. The molecule has 0 radical (unpaired) electrons. The highest BCUT2D eigenvalue weighted by Crippen LogP contribution is 2.52. The molecule has 0 bridgehead atoms. The molecule has 2 aliphatic carbocycles. The van der Waals surface area contributed by atoms with E-state index in [1.807, 2.05) is 30.3 Å². The average Bonchev–Trinajstić information content (AvgIpc) is 3.99. The van der Waals surface area contributed by atoms with E-state index in [1.165, 1.54) is 27.8 Å². The van der Waals surface area contributed by atoms with Gasteiger partial charge in [0.2, 0.25) is 0 Å². The van der Waals surface area contributed by atoms with Crippen molar-refractivity contribution in [1.82, 2.24) is 15.0 Å². The standard InChI is InChI=1S/C58H39N3O2/c1-58(2)47-23-10-8-19-43(47)51-39(20-13-24-48(51)58)38-30-31-50-45(32-38)52-40-17-7-6-16-37(40)33-46(54(52)63-50)57-60-55(36-28-26-35(27-29-36)34-14-4-3-5-15-34)59-56(61-57)44-22-12-21-42-41-18-9-11-25-49(41)62-53(42)44/h3-29,31-33,38H,30H2,1-2H3. The fourth-order valence-corrected chi connectivity index (χ4v) is 10.4. The van der Waals surface area contributed by atoms with E-state index in [0.29, 0.717) is 17.5 Å². The van der Waals surface area contributed by atoms with Gasteiger partial charge in [-0.05, 0) is 80.4 Å². The van der Waals surface area contributed by atoms with Crippen molar-refractivity contribution >= 4 is 55.8 Å². The fraction of sp³-hybridized carbons (Fsp3) is 0.0862. The van der Waals surface area contributed by atoms with Crippen LogP contribution in [0.25, 0.3) is 112 Å². The van der Waals surface area contributed by atoms with Crippen molar-refractivity contribution in [3.8, 4) is 56.4 Å². The van der Waals surface area contributed by atoms with E-state index in [1.54, 1.807) is 0 Å². The van der Waals surface area contributed by atoms with E-state index in [2.05, 4.69) is 166 Å². The highest BCUT2D eigenvalue weighted by atomic mass is 16.3. The van der Waals surface area contributed by atoms with Crippen molar-refractivity contribution in [2.45, 2.75) is 31.6 Å². The third-order valence-corrected chi connectivity index (χ3v) is 13.5. The summed E-state index contributed by atoms with van der Waals surface area (Å²) in [5.74, 6) is 1.80. The van der Waals surface area contributed by atoms with Crippen LogP contribution in [0.5, 0.6) is 0 Å². The molecular weight excluding hydrogens is 771 g/mol. The van der Waals surface area contributed by atoms with E-state index in [-0.39, 0.29) is 11.3 Å². The van der Waals surface area contributed by atoms with E-state index in [0.717, 1.165) is 88.6 Å². The van der Waals surface area contributed by atoms with Crippen LogP contribution in [-0.2, 0) is 5.41 Å². The lowest BCUT2D eigenvalue weighted by Crippen LogP contribution is -2.25. The van der Waals surface area contributed by atoms with Gasteiger partial charge in [0.15, 0.2) is 17.5 Å². The topological polar surface area (TPSA) is 65.0 Å². The zero-order valence-corrected chi connectivity index (χ0v) is 34.8. The lowest BCUT2D eigenvalue weighted by Gasteiger charge is -2.22. The molecular formula is C58H39N3O2. The number of benzene rings is 8. The van der Waals surface area contributed by atoms with Crippen LogP contribution in [0.3, 0.4) is 0 Å². The van der Waals surface area contributed by atoms with Gasteiger partial charge in [-0.15, -0.1) is 0 Å². The molecule has 1 atom stereocenters. The van der Waals surface area contributed by atoms with E-state index >= 15 is 0 Å². The Labute approximate surface area is 363 Å². The minimum atomic E-state index is -0.0684. The van der Waals surface area contributed by atoms with Crippen LogP contribution >= 0.6 is 0 Å². The molecule has 0 aliphatic heterocycles. The smallest absolute Gasteiger partial charge is 0.167 e. The first-order chi connectivity index (χ1) is 31.0. The Hall–Kier alpha value is -7.89. The molecule has 0 spiro atoms. The predicted octanol–water partition coefficient (Wildman–Crippen LogP) is 13.4. The molecule has 0 saturated heterocycles. The second-order valence-corrected chi connectivity index (χ2v) is 17.4. The van der Waals surface area contributed by atoms with Gasteiger partial charge in [-0.1, -0.05) is 172 Å². The number of para-hydroxylation sites is 2. The highest BCUT2D eigenvalue weighted by Gasteiger charge is 2.37. The van der Waals surface area contributed by atoms with Crippen molar-refractivity contribution in [1.29, 1.82) is 0 Å². The van der Waals surface area contributed by atoms with E-state index in [9.17, 15) is 0 Å². The molecule has 0 N–H and O–H groups in total. The molecule has 11 aromatic rings. The number of nitrogens with zero attached hydrogens (tertiary/aromatic N) is 3. The van der Waals surface area contributed by atoms with Crippen LogP contribution < -0.4 is 10.6 Å². The summed E-state index contributed by atoms with van der Waals surface area (Å²) in [5.41, 5.74) is 14.8. The number of furan rings is 2. The Bertz CT molecular complexity index is 3800. The van der Waals surface area contributed by atoms with Gasteiger partial charge in [-0.3, -0.25) is 0 Å². The second kappa shape index (κ2) is 13.6. The van der Waals surface area contributed by atoms with Crippen LogP contribution in [0, 0.1) is 0 Å². The Morgan fingerprint density at radius 3 is 2.03 bits per heavy atom. The zero-order valence-electron chi connectivity index (χ0n) is 34.8. The third kappa shape index (κ3) is 5.46. The molecule has 1 unspecified atom stereocenters. The van der Waals surface area contributed by atoms with Crippen molar-refractivity contribution in [2.24, 2.45) is 0 Å². The molecule has 5 nitrogen and oxygen atoms in total. The molecule has 8 aromatic carbocycles. The van der Waals surface area contributed by atoms with Gasteiger partial charge < -0.3 is 8.83 Å². The van der Waals surface area contributed by atoms with Crippen LogP contribution in [0.4, 0.5) is 0 Å². The molecule has 0 amide bonds. The Morgan fingerprint density at radius 1 is 0.508 bits per heavy atom. The maximum Gasteiger partial charge on any atom is 0.167 e. The molecule has 63 heavy (non-hydrogen) atoms. The predicted molar refractivity (Wildman–Crippen MR) is 256 cm³/mol. The summed E-state index contributed by atoms with van der Waals surface area (Å²) >= 11 is 0. The molecule has 3 aromatic heterocycles. The summed E-state index contributed by atoms with van der Waals surface area (Å²) in [5, 5.41) is 6.47. The van der Waals surface area contributed by atoms with Crippen LogP contribution in [0.2, 0.25) is 0 Å². The van der Waals surface area contributed by atoms with Gasteiger partial charge in [0.05, 0.1) is 11.1 Å². The van der Waals surface area contributed by atoms with Gasteiger partial charge in [-0.2, -0.15) is 0 Å². The number of rotatable bonds is 5. The molecule has 13 rings (SSSR count). The number of hydrogen-bond acceptors (Lipinski definition) is 5. The van der Waals surface area contributed by atoms with Crippen molar-refractivity contribution < 1.29 is 8.83 Å². The molecule has 0 fully saturated rings. The van der Waals surface area contributed by atoms with Gasteiger partial charge >= 0.3 is 0 Å². The molecule has 2 aliphatic rings. The Morgan fingerprint density at radius 2 is 1.16 bits per heavy atom. The van der Waals surface area contributed by atoms with Gasteiger partial charge in [0, 0.05) is 38.3 Å². The monoisotopic (exact) mass is 809 g/mol. The Balaban J connectivity index is 1.04. The lowest BCUT2D eigenvalue weighted by molar-refractivity contribution is 0.571. The van der Waals surface area contributed by atoms with Crippen molar-refractivity contribution in [3.63, 3.8) is 0 Å². The van der Waals surface area contributed by atoms with Gasteiger partial charge in [0.1, 0.15) is 22.2 Å². The SMILES string of the molecule is CC1(C)c2ccccc2-c2c(C3C=c4c(oc5c(-c6nc(-c7ccc(-c8ccccc8)cc7)nc(-c7cccc8c7oc7ccccc78)n6)cc6ccccc6c45)=CC3)cccc21. The molecule has 3 heterocycles. The average molecular weight is 810 g/mol. The summed E-state index contributed by atoms with van der Waals surface area (Å²) < 4.78 is 13.6. The summed E-state index contributed by atoms with van der Waals surface area (Å²) in [7, 11) is 0. The maximum atomic E-state index is 7.01. The van der Waals surface area contributed by atoms with E-state index in [4.69, 9.17) is 23.8 Å². The van der Waals surface area contributed by atoms with Crippen LogP contribution in [0.15, 0.2) is 179 Å². The van der Waals surface area contributed by atoms with E-state index < -0.39 is 0 Å². The summed E-state index contributed by atoms with van der Waals surface area (Å²) in [4.78, 5) is 15.8. The maximum absolute atomic E-state index is 7.01. The summed E-state index contributed by atoms with van der Waals surface area (Å²) in [6.45, 7) is 4.70. The van der Waals surface area contributed by atoms with Crippen molar-refractivity contribution in [2.75, 3.05) is 0 Å². The summed E-state index contributed by atoms with van der Waals surface area (Å²) in [6.07, 6.45) is 5.56. The molecule has 0 saturated carbocycles. The first-order valence-electron chi connectivity index (χ1n) is 21.7. The summed E-state index contributed by atoms with van der Waals surface area (Å²) in [6, 6.07) is 59.7. The fourth-order valence-electron chi connectivity index (χ4n) is 10.4.